The molecular formula is C16H24N2O2. The van der Waals surface area contributed by atoms with Gasteiger partial charge in [0.15, 0.2) is 0 Å². The van der Waals surface area contributed by atoms with E-state index in [1.165, 1.54) is 7.11 Å². The predicted molar refractivity (Wildman–Crippen MR) is 78.3 cm³/mol. The van der Waals surface area contributed by atoms with E-state index in [9.17, 15) is 4.79 Å². The van der Waals surface area contributed by atoms with Crippen LogP contribution in [0.1, 0.15) is 43.7 Å². The SMILES string of the molecule is COC(=O)c1ccc(CNCC2C(C)(C)C2(C)C)nc1. The number of esters is 1. The number of hydrogen-bond acceptors (Lipinski definition) is 4. The van der Waals surface area contributed by atoms with Gasteiger partial charge < -0.3 is 10.1 Å². The van der Waals surface area contributed by atoms with E-state index in [0.29, 0.717) is 22.3 Å². The third-order valence-electron chi connectivity index (χ3n) is 5.22. The normalized spacial score (nSPS) is 19.6. The summed E-state index contributed by atoms with van der Waals surface area (Å²) < 4.78 is 4.65. The predicted octanol–water partition coefficient (Wildman–Crippen LogP) is 2.64. The average molecular weight is 276 g/mol. The molecule has 1 saturated carbocycles. The Labute approximate surface area is 120 Å². The monoisotopic (exact) mass is 276 g/mol. The molecule has 1 aliphatic carbocycles. The Bertz CT molecular complexity index is 478. The maximum Gasteiger partial charge on any atom is 0.339 e. The van der Waals surface area contributed by atoms with E-state index in [-0.39, 0.29) is 5.97 Å². The van der Waals surface area contributed by atoms with Crippen molar-refractivity contribution in [3.05, 3.63) is 29.6 Å². The molecular weight excluding hydrogens is 252 g/mol. The van der Waals surface area contributed by atoms with Gasteiger partial charge in [-0.2, -0.15) is 0 Å². The van der Waals surface area contributed by atoms with Gasteiger partial charge >= 0.3 is 5.97 Å². The van der Waals surface area contributed by atoms with Crippen LogP contribution >= 0.6 is 0 Å². The number of methoxy groups -OCH3 is 1. The second-order valence-corrected chi connectivity index (χ2v) is 6.66. The molecule has 1 aromatic heterocycles. The van der Waals surface area contributed by atoms with E-state index in [1.807, 2.05) is 6.07 Å². The zero-order chi connectivity index (χ0) is 15.0. The molecule has 0 radical (unpaired) electrons. The van der Waals surface area contributed by atoms with Crippen LogP contribution in [0, 0.1) is 16.7 Å². The summed E-state index contributed by atoms with van der Waals surface area (Å²) in [5.74, 6) is 0.350. The maximum atomic E-state index is 11.3. The first kappa shape index (κ1) is 15.0. The fourth-order valence-corrected chi connectivity index (χ4v) is 2.96. The van der Waals surface area contributed by atoms with Crippen LogP contribution in [-0.2, 0) is 11.3 Å². The van der Waals surface area contributed by atoms with Gasteiger partial charge in [-0.3, -0.25) is 4.98 Å². The maximum absolute atomic E-state index is 11.3. The fourth-order valence-electron chi connectivity index (χ4n) is 2.96. The summed E-state index contributed by atoms with van der Waals surface area (Å²) >= 11 is 0. The number of rotatable bonds is 5. The Kier molecular flexibility index (Phi) is 3.87. The van der Waals surface area contributed by atoms with E-state index >= 15 is 0 Å². The lowest BCUT2D eigenvalue weighted by Crippen LogP contribution is -2.19. The Morgan fingerprint density at radius 1 is 1.30 bits per heavy atom. The number of nitrogens with one attached hydrogen (secondary N) is 1. The van der Waals surface area contributed by atoms with Crippen LogP contribution in [0.4, 0.5) is 0 Å². The van der Waals surface area contributed by atoms with Gasteiger partial charge in [-0.05, 0) is 35.4 Å². The first-order chi connectivity index (χ1) is 9.30. The molecule has 0 aliphatic heterocycles. The van der Waals surface area contributed by atoms with Crippen molar-refractivity contribution in [2.24, 2.45) is 16.7 Å². The summed E-state index contributed by atoms with van der Waals surface area (Å²) in [6.45, 7) is 11.0. The molecule has 0 amide bonds. The second kappa shape index (κ2) is 5.17. The number of ether oxygens (including phenoxy) is 1. The largest absolute Gasteiger partial charge is 0.465 e. The second-order valence-electron chi connectivity index (χ2n) is 6.66. The molecule has 110 valence electrons. The molecule has 0 bridgehead atoms. The van der Waals surface area contributed by atoms with E-state index in [0.717, 1.165) is 18.8 Å². The van der Waals surface area contributed by atoms with Crippen molar-refractivity contribution in [1.82, 2.24) is 10.3 Å². The van der Waals surface area contributed by atoms with Gasteiger partial charge in [-0.1, -0.05) is 27.7 Å². The summed E-state index contributed by atoms with van der Waals surface area (Å²) in [4.78, 5) is 15.6. The molecule has 20 heavy (non-hydrogen) atoms. The van der Waals surface area contributed by atoms with Gasteiger partial charge in [0.2, 0.25) is 0 Å². The summed E-state index contributed by atoms with van der Waals surface area (Å²) in [5.41, 5.74) is 2.24. The molecule has 0 spiro atoms. The molecule has 1 N–H and O–H groups in total. The molecule has 0 atom stereocenters. The zero-order valence-electron chi connectivity index (χ0n) is 13.0. The standard InChI is InChI=1S/C16H24N2O2/c1-15(2)13(16(15,3)4)10-17-9-12-7-6-11(8-18-12)14(19)20-5/h6-8,13,17H,9-10H2,1-5H3. The van der Waals surface area contributed by atoms with Crippen molar-refractivity contribution in [2.45, 2.75) is 34.2 Å². The van der Waals surface area contributed by atoms with Crippen molar-refractivity contribution in [3.8, 4) is 0 Å². The molecule has 0 unspecified atom stereocenters. The van der Waals surface area contributed by atoms with Crippen LogP contribution in [0.2, 0.25) is 0 Å². The van der Waals surface area contributed by atoms with Crippen molar-refractivity contribution < 1.29 is 9.53 Å². The smallest absolute Gasteiger partial charge is 0.339 e. The minimum atomic E-state index is -0.349. The lowest BCUT2D eigenvalue weighted by atomic mass is 10.0. The van der Waals surface area contributed by atoms with Gasteiger partial charge in [0, 0.05) is 12.7 Å². The van der Waals surface area contributed by atoms with Gasteiger partial charge in [0.25, 0.3) is 0 Å². The van der Waals surface area contributed by atoms with Crippen molar-refractivity contribution in [3.63, 3.8) is 0 Å². The molecule has 1 aromatic rings. The molecule has 1 aliphatic rings. The highest BCUT2D eigenvalue weighted by atomic mass is 16.5. The quantitative estimate of drug-likeness (QED) is 0.840. The average Bonchev–Trinajstić information content (AvgIpc) is 2.81. The van der Waals surface area contributed by atoms with Crippen LogP contribution in [0.5, 0.6) is 0 Å². The zero-order valence-corrected chi connectivity index (χ0v) is 13.0. The number of hydrogen-bond donors (Lipinski definition) is 1. The topological polar surface area (TPSA) is 51.2 Å². The fraction of sp³-hybridized carbons (Fsp3) is 0.625. The van der Waals surface area contributed by atoms with Crippen LogP contribution < -0.4 is 5.32 Å². The van der Waals surface area contributed by atoms with Crippen molar-refractivity contribution in [1.29, 1.82) is 0 Å². The highest BCUT2D eigenvalue weighted by Crippen LogP contribution is 2.67. The molecule has 4 heteroatoms. The number of nitrogens with zero attached hydrogens (tertiary/aromatic N) is 1. The molecule has 0 aromatic carbocycles. The highest BCUT2D eigenvalue weighted by molar-refractivity contribution is 5.88. The third kappa shape index (κ3) is 2.57. The van der Waals surface area contributed by atoms with Gasteiger partial charge in [-0.15, -0.1) is 0 Å². The van der Waals surface area contributed by atoms with Crippen LogP contribution in [0.25, 0.3) is 0 Å². The lowest BCUT2D eigenvalue weighted by Gasteiger charge is -2.06. The van der Waals surface area contributed by atoms with Crippen LogP contribution in [0.15, 0.2) is 18.3 Å². The summed E-state index contributed by atoms with van der Waals surface area (Å²) in [6, 6.07) is 3.61. The molecule has 4 nitrogen and oxygen atoms in total. The van der Waals surface area contributed by atoms with Crippen LogP contribution in [-0.4, -0.2) is 24.6 Å². The van der Waals surface area contributed by atoms with Gasteiger partial charge in [0.05, 0.1) is 18.4 Å². The Balaban J connectivity index is 1.82. The van der Waals surface area contributed by atoms with Gasteiger partial charge in [-0.25, -0.2) is 4.79 Å². The Morgan fingerprint density at radius 2 is 1.95 bits per heavy atom. The molecule has 1 fully saturated rings. The summed E-state index contributed by atoms with van der Waals surface area (Å²) in [7, 11) is 1.37. The molecule has 2 rings (SSSR count). The number of carbonyl (C=O) groups excluding carboxylic acids is 1. The minimum absolute atomic E-state index is 0.349. The van der Waals surface area contributed by atoms with Crippen molar-refractivity contribution in [2.75, 3.05) is 13.7 Å². The minimum Gasteiger partial charge on any atom is -0.465 e. The third-order valence-corrected chi connectivity index (χ3v) is 5.22. The highest BCUT2D eigenvalue weighted by Gasteiger charge is 2.63. The van der Waals surface area contributed by atoms with Crippen molar-refractivity contribution >= 4 is 5.97 Å². The first-order valence-electron chi connectivity index (χ1n) is 7.04. The molecule has 0 saturated heterocycles. The Hall–Kier alpha value is -1.42. The number of pyridine rings is 1. The van der Waals surface area contributed by atoms with E-state index in [1.54, 1.807) is 12.3 Å². The van der Waals surface area contributed by atoms with Crippen LogP contribution in [0.3, 0.4) is 0 Å². The van der Waals surface area contributed by atoms with E-state index in [4.69, 9.17) is 0 Å². The number of aromatic nitrogens is 1. The molecule has 1 heterocycles. The first-order valence-corrected chi connectivity index (χ1v) is 7.04. The lowest BCUT2D eigenvalue weighted by molar-refractivity contribution is 0.0600. The Morgan fingerprint density at radius 3 is 2.40 bits per heavy atom. The van der Waals surface area contributed by atoms with E-state index in [2.05, 4.69) is 42.7 Å². The number of carbonyl (C=O) groups is 1. The van der Waals surface area contributed by atoms with Gasteiger partial charge in [0.1, 0.15) is 0 Å². The summed E-state index contributed by atoms with van der Waals surface area (Å²) in [5, 5.41) is 3.46. The van der Waals surface area contributed by atoms with E-state index < -0.39 is 0 Å². The summed E-state index contributed by atoms with van der Waals surface area (Å²) in [6.07, 6.45) is 1.56.